The van der Waals surface area contributed by atoms with Gasteiger partial charge in [0, 0.05) is 6.61 Å². The summed E-state index contributed by atoms with van der Waals surface area (Å²) in [5.41, 5.74) is 0. The molecule has 0 spiro atoms. The van der Waals surface area contributed by atoms with Gasteiger partial charge in [-0.1, -0.05) is 28.2 Å². The van der Waals surface area contributed by atoms with Crippen molar-refractivity contribution in [3.05, 3.63) is 0 Å². The molecule has 0 bridgehead atoms. The minimum atomic E-state index is 0. The Morgan fingerprint density at radius 2 is 1.70 bits per heavy atom. The molecule has 1 atom stereocenters. The zero-order chi connectivity index (χ0) is 7.28. The van der Waals surface area contributed by atoms with E-state index in [4.69, 9.17) is 4.74 Å². The van der Waals surface area contributed by atoms with Gasteiger partial charge >= 0.3 is 0 Å². The van der Waals surface area contributed by atoms with Crippen LogP contribution in [0.2, 0.25) is 0 Å². The summed E-state index contributed by atoms with van der Waals surface area (Å²) in [6.45, 7) is 9.49. The van der Waals surface area contributed by atoms with E-state index >= 15 is 0 Å². The highest BCUT2D eigenvalue weighted by Crippen LogP contribution is 1.99. The topological polar surface area (TPSA) is 9.23 Å². The zero-order valence-electron chi connectivity index (χ0n) is 6.98. The van der Waals surface area contributed by atoms with Gasteiger partial charge in [0.25, 0.3) is 0 Å². The lowest BCUT2D eigenvalue weighted by molar-refractivity contribution is 0.0455. The largest absolute Gasteiger partial charge is 0.378 e. The smallest absolute Gasteiger partial charge is 0.0544 e. The molecule has 0 heterocycles. The molecule has 64 valence electrons. The van der Waals surface area contributed by atoms with E-state index in [0.29, 0.717) is 12.0 Å². The summed E-state index contributed by atoms with van der Waals surface area (Å²) in [5.74, 6) is 0.666. The molecule has 0 aromatic carbocycles. The van der Waals surface area contributed by atoms with Gasteiger partial charge in [0.05, 0.1) is 6.10 Å². The highest BCUT2D eigenvalue weighted by molar-refractivity contribution is 4.46. The summed E-state index contributed by atoms with van der Waals surface area (Å²) in [6.07, 6.45) is 1.56. The zero-order valence-corrected chi connectivity index (χ0v) is 6.98. The molecule has 0 aliphatic carbocycles. The summed E-state index contributed by atoms with van der Waals surface area (Å²) in [5, 5.41) is 0. The molecular formula is C9H22O. The monoisotopic (exact) mass is 146 g/mol. The van der Waals surface area contributed by atoms with Gasteiger partial charge in [-0.2, -0.15) is 0 Å². The maximum atomic E-state index is 5.45. The molecule has 1 unspecified atom stereocenters. The molecule has 0 saturated heterocycles. The van der Waals surface area contributed by atoms with Crippen molar-refractivity contribution in [2.75, 3.05) is 6.61 Å². The number of hydrogen-bond acceptors (Lipinski definition) is 1. The molecule has 0 radical (unpaired) electrons. The van der Waals surface area contributed by atoms with Crippen molar-refractivity contribution in [1.29, 1.82) is 0 Å². The Hall–Kier alpha value is -0.0400. The van der Waals surface area contributed by atoms with Crippen LogP contribution in [0.15, 0.2) is 0 Å². The van der Waals surface area contributed by atoms with Gasteiger partial charge in [0.15, 0.2) is 0 Å². The predicted octanol–water partition coefficient (Wildman–Crippen LogP) is 3.09. The van der Waals surface area contributed by atoms with Crippen LogP contribution in [0.4, 0.5) is 0 Å². The van der Waals surface area contributed by atoms with Gasteiger partial charge in [-0.05, 0) is 19.3 Å². The summed E-state index contributed by atoms with van der Waals surface area (Å²) in [7, 11) is 0. The van der Waals surface area contributed by atoms with Crippen molar-refractivity contribution >= 4 is 0 Å². The molecule has 0 saturated carbocycles. The number of ether oxygens (including phenoxy) is 1. The Balaban J connectivity index is 0. The molecule has 0 N–H and O–H groups in total. The first kappa shape index (κ1) is 12.6. The fourth-order valence-electron chi connectivity index (χ4n) is 0.475. The maximum absolute atomic E-state index is 5.45. The highest BCUT2D eigenvalue weighted by Gasteiger charge is 1.98. The first-order valence-electron chi connectivity index (χ1n) is 3.78. The molecule has 0 aliphatic rings. The molecular weight excluding hydrogens is 124 g/mol. The third-order valence-electron chi connectivity index (χ3n) is 1.29. The van der Waals surface area contributed by atoms with Crippen molar-refractivity contribution in [2.45, 2.75) is 47.6 Å². The first-order chi connectivity index (χ1) is 4.16. The normalized spacial score (nSPS) is 12.9. The second kappa shape index (κ2) is 7.07. The lowest BCUT2D eigenvalue weighted by Gasteiger charge is -2.11. The van der Waals surface area contributed by atoms with Crippen molar-refractivity contribution in [3.8, 4) is 0 Å². The Morgan fingerprint density at radius 3 is 2.00 bits per heavy atom. The van der Waals surface area contributed by atoms with Crippen LogP contribution in [0.5, 0.6) is 0 Å². The summed E-state index contributed by atoms with van der Waals surface area (Å²) >= 11 is 0. The van der Waals surface area contributed by atoms with E-state index in [1.165, 1.54) is 0 Å². The molecule has 0 rings (SSSR count). The molecule has 10 heavy (non-hydrogen) atoms. The second-order valence-electron chi connectivity index (χ2n) is 2.95. The van der Waals surface area contributed by atoms with Crippen molar-refractivity contribution in [1.82, 2.24) is 0 Å². The lowest BCUT2D eigenvalue weighted by atomic mass is 10.2. The van der Waals surface area contributed by atoms with Crippen molar-refractivity contribution in [2.24, 2.45) is 5.92 Å². The summed E-state index contributed by atoms with van der Waals surface area (Å²) < 4.78 is 5.45. The SMILES string of the molecule is C.CCC(C)OCC(C)C. The van der Waals surface area contributed by atoms with Gasteiger partial charge in [-0.25, -0.2) is 0 Å². The van der Waals surface area contributed by atoms with E-state index in [2.05, 4.69) is 27.7 Å². The Morgan fingerprint density at radius 1 is 1.20 bits per heavy atom. The Bertz CT molecular complexity index is 59.7. The molecule has 0 aromatic rings. The summed E-state index contributed by atoms with van der Waals surface area (Å²) in [6, 6.07) is 0. The van der Waals surface area contributed by atoms with E-state index in [-0.39, 0.29) is 7.43 Å². The second-order valence-corrected chi connectivity index (χ2v) is 2.95. The first-order valence-corrected chi connectivity index (χ1v) is 3.78. The predicted molar refractivity (Wildman–Crippen MR) is 47.3 cm³/mol. The number of rotatable bonds is 4. The Kier molecular flexibility index (Phi) is 8.92. The number of hydrogen-bond donors (Lipinski definition) is 0. The third-order valence-corrected chi connectivity index (χ3v) is 1.29. The molecule has 1 nitrogen and oxygen atoms in total. The molecule has 0 aromatic heterocycles. The van der Waals surface area contributed by atoms with E-state index in [9.17, 15) is 0 Å². The van der Waals surface area contributed by atoms with Crippen LogP contribution in [0, 0.1) is 5.92 Å². The van der Waals surface area contributed by atoms with Gasteiger partial charge in [0.1, 0.15) is 0 Å². The van der Waals surface area contributed by atoms with E-state index in [1.807, 2.05) is 0 Å². The van der Waals surface area contributed by atoms with Gasteiger partial charge in [-0.3, -0.25) is 0 Å². The van der Waals surface area contributed by atoms with E-state index < -0.39 is 0 Å². The fourth-order valence-corrected chi connectivity index (χ4v) is 0.475. The minimum Gasteiger partial charge on any atom is -0.378 e. The maximum Gasteiger partial charge on any atom is 0.0544 e. The average Bonchev–Trinajstić information content (AvgIpc) is 1.83. The molecule has 0 aliphatic heterocycles. The lowest BCUT2D eigenvalue weighted by Crippen LogP contribution is -2.10. The molecule has 0 amide bonds. The standard InChI is InChI=1S/C8H18O.CH4/c1-5-8(4)9-6-7(2)3;/h7-8H,5-6H2,1-4H3;1H4. The van der Waals surface area contributed by atoms with Crippen LogP contribution >= 0.6 is 0 Å². The Labute approximate surface area is 65.8 Å². The quantitative estimate of drug-likeness (QED) is 0.592. The highest BCUT2D eigenvalue weighted by atomic mass is 16.5. The third kappa shape index (κ3) is 7.96. The van der Waals surface area contributed by atoms with Gasteiger partial charge in [0.2, 0.25) is 0 Å². The van der Waals surface area contributed by atoms with E-state index in [0.717, 1.165) is 13.0 Å². The van der Waals surface area contributed by atoms with Crippen LogP contribution in [0.1, 0.15) is 41.5 Å². The van der Waals surface area contributed by atoms with Crippen LogP contribution in [0.3, 0.4) is 0 Å². The van der Waals surface area contributed by atoms with Crippen molar-refractivity contribution < 1.29 is 4.74 Å². The minimum absolute atomic E-state index is 0. The van der Waals surface area contributed by atoms with Crippen LogP contribution in [-0.2, 0) is 4.74 Å². The van der Waals surface area contributed by atoms with Crippen molar-refractivity contribution in [3.63, 3.8) is 0 Å². The van der Waals surface area contributed by atoms with Crippen LogP contribution in [0.25, 0.3) is 0 Å². The van der Waals surface area contributed by atoms with E-state index in [1.54, 1.807) is 0 Å². The fraction of sp³-hybridized carbons (Fsp3) is 1.00. The average molecular weight is 146 g/mol. The molecule has 1 heteroatoms. The van der Waals surface area contributed by atoms with Crippen LogP contribution < -0.4 is 0 Å². The van der Waals surface area contributed by atoms with Gasteiger partial charge < -0.3 is 4.74 Å². The summed E-state index contributed by atoms with van der Waals surface area (Å²) in [4.78, 5) is 0. The van der Waals surface area contributed by atoms with Crippen LogP contribution in [-0.4, -0.2) is 12.7 Å². The molecule has 0 fully saturated rings. The van der Waals surface area contributed by atoms with Gasteiger partial charge in [-0.15, -0.1) is 0 Å².